The minimum Gasteiger partial charge on any atom is -0.294 e. The van der Waals surface area contributed by atoms with E-state index in [0.717, 1.165) is 31.2 Å². The van der Waals surface area contributed by atoms with Gasteiger partial charge < -0.3 is 0 Å². The normalized spacial score (nSPS) is 14.1. The van der Waals surface area contributed by atoms with Crippen LogP contribution in [0.5, 0.6) is 0 Å². The highest BCUT2D eigenvalue weighted by Crippen LogP contribution is 2.31. The van der Waals surface area contributed by atoms with E-state index in [0.29, 0.717) is 16.8 Å². The number of carbonyl (C=O) groups excluding carboxylic acids is 2. The molecule has 1 aliphatic rings. The van der Waals surface area contributed by atoms with Crippen LogP contribution >= 0.6 is 0 Å². The van der Waals surface area contributed by atoms with E-state index in [-0.39, 0.29) is 40.6 Å². The first-order valence-electron chi connectivity index (χ1n) is 11.5. The molecular formula is C26H27N3O4S. The van der Waals surface area contributed by atoms with Gasteiger partial charge in [0.2, 0.25) is 11.9 Å². The van der Waals surface area contributed by atoms with Crippen LogP contribution in [0.4, 0.5) is 5.95 Å². The Hall–Kier alpha value is -3.39. The number of sulfone groups is 1. The molecule has 1 fully saturated rings. The molecule has 1 N–H and O–H groups in total. The molecule has 0 atom stereocenters. The fourth-order valence-corrected chi connectivity index (χ4v) is 5.06. The number of hydrogen-bond acceptors (Lipinski definition) is 6. The Morgan fingerprint density at radius 3 is 2.32 bits per heavy atom. The van der Waals surface area contributed by atoms with E-state index in [1.807, 2.05) is 30.3 Å². The van der Waals surface area contributed by atoms with Crippen LogP contribution in [0.1, 0.15) is 48.7 Å². The highest BCUT2D eigenvalue weighted by atomic mass is 32.2. The van der Waals surface area contributed by atoms with Gasteiger partial charge in [-0.2, -0.15) is 0 Å². The van der Waals surface area contributed by atoms with Gasteiger partial charge in [0.1, 0.15) is 5.69 Å². The van der Waals surface area contributed by atoms with E-state index in [2.05, 4.69) is 15.3 Å². The molecule has 1 amide bonds. The number of anilines is 1. The van der Waals surface area contributed by atoms with Crippen molar-refractivity contribution >= 4 is 27.5 Å². The number of Topliss-reactive ketones (excluding diaryl/α,β-unsaturated/α-hetero) is 1. The Morgan fingerprint density at radius 2 is 1.68 bits per heavy atom. The molecule has 2 aromatic carbocycles. The highest BCUT2D eigenvalue weighted by molar-refractivity contribution is 7.91. The lowest BCUT2D eigenvalue weighted by Crippen LogP contribution is -2.20. The molecule has 1 aromatic heterocycles. The maximum absolute atomic E-state index is 13.3. The number of rotatable bonds is 8. The van der Waals surface area contributed by atoms with Crippen LogP contribution in [0, 0.1) is 5.92 Å². The predicted molar refractivity (Wildman–Crippen MR) is 130 cm³/mol. The van der Waals surface area contributed by atoms with E-state index in [1.54, 1.807) is 25.3 Å². The van der Waals surface area contributed by atoms with Gasteiger partial charge in [0.05, 0.1) is 17.1 Å². The molecule has 1 heterocycles. The van der Waals surface area contributed by atoms with Crippen LogP contribution in [-0.2, 0) is 21.1 Å². The first-order chi connectivity index (χ1) is 16.4. The summed E-state index contributed by atoms with van der Waals surface area (Å²) in [7, 11) is -3.29. The van der Waals surface area contributed by atoms with Crippen molar-refractivity contribution in [1.82, 2.24) is 9.97 Å². The van der Waals surface area contributed by atoms with E-state index >= 15 is 0 Å². The molecule has 176 valence electrons. The number of aromatic nitrogens is 2. The van der Waals surface area contributed by atoms with Gasteiger partial charge in [-0.3, -0.25) is 14.9 Å². The monoisotopic (exact) mass is 477 g/mol. The minimum absolute atomic E-state index is 0.0121. The summed E-state index contributed by atoms with van der Waals surface area (Å²) in [6, 6.07) is 15.8. The smallest absolute Gasteiger partial charge is 0.231 e. The quantitative estimate of drug-likeness (QED) is 0.479. The fourth-order valence-electron chi connectivity index (χ4n) is 4.18. The van der Waals surface area contributed by atoms with Gasteiger partial charge in [0.15, 0.2) is 15.6 Å². The minimum atomic E-state index is -3.29. The van der Waals surface area contributed by atoms with Crippen LogP contribution in [0.3, 0.4) is 0 Å². The number of amides is 1. The summed E-state index contributed by atoms with van der Waals surface area (Å²) in [5.41, 5.74) is 2.50. The molecule has 3 aromatic rings. The summed E-state index contributed by atoms with van der Waals surface area (Å²) in [5.74, 6) is -0.319. The summed E-state index contributed by atoms with van der Waals surface area (Å²) >= 11 is 0. The summed E-state index contributed by atoms with van der Waals surface area (Å²) in [4.78, 5) is 34.9. The molecule has 0 radical (unpaired) electrons. The van der Waals surface area contributed by atoms with E-state index in [9.17, 15) is 18.0 Å². The number of benzene rings is 2. The SMILES string of the molecule is CCS(=O)(=O)c1ccc(CC(=O)Nc2ncc(-c3ccccc3)c(C(=O)C3CCCC3)n2)cc1. The molecular weight excluding hydrogens is 450 g/mol. The van der Waals surface area contributed by atoms with Gasteiger partial charge in [-0.05, 0) is 36.1 Å². The Labute approximate surface area is 199 Å². The second-order valence-electron chi connectivity index (χ2n) is 8.44. The number of hydrogen-bond donors (Lipinski definition) is 1. The van der Waals surface area contributed by atoms with E-state index in [4.69, 9.17) is 0 Å². The zero-order valence-electron chi connectivity index (χ0n) is 19.0. The van der Waals surface area contributed by atoms with Crippen molar-refractivity contribution in [3.05, 3.63) is 72.1 Å². The van der Waals surface area contributed by atoms with Crippen molar-refractivity contribution in [1.29, 1.82) is 0 Å². The Morgan fingerprint density at radius 1 is 1.00 bits per heavy atom. The average Bonchev–Trinajstić information content (AvgIpc) is 3.39. The lowest BCUT2D eigenvalue weighted by molar-refractivity contribution is -0.115. The van der Waals surface area contributed by atoms with Gasteiger partial charge in [-0.25, -0.2) is 18.4 Å². The van der Waals surface area contributed by atoms with Crippen LogP contribution in [0.15, 0.2) is 65.7 Å². The van der Waals surface area contributed by atoms with Crippen molar-refractivity contribution in [2.45, 2.75) is 43.9 Å². The Bertz CT molecular complexity index is 1280. The molecule has 0 unspecified atom stereocenters. The average molecular weight is 478 g/mol. The molecule has 4 rings (SSSR count). The van der Waals surface area contributed by atoms with E-state index < -0.39 is 9.84 Å². The molecule has 7 nitrogen and oxygen atoms in total. The number of nitrogens with zero attached hydrogens (tertiary/aromatic N) is 2. The second kappa shape index (κ2) is 10.3. The maximum Gasteiger partial charge on any atom is 0.231 e. The highest BCUT2D eigenvalue weighted by Gasteiger charge is 2.28. The van der Waals surface area contributed by atoms with Gasteiger partial charge in [-0.15, -0.1) is 0 Å². The molecule has 8 heteroatoms. The summed E-state index contributed by atoms with van der Waals surface area (Å²) in [6.45, 7) is 1.59. The van der Waals surface area contributed by atoms with Gasteiger partial charge >= 0.3 is 0 Å². The largest absolute Gasteiger partial charge is 0.294 e. The first-order valence-corrected chi connectivity index (χ1v) is 13.1. The molecule has 0 bridgehead atoms. The molecule has 1 saturated carbocycles. The van der Waals surface area contributed by atoms with Crippen molar-refractivity contribution in [2.75, 3.05) is 11.1 Å². The third-order valence-electron chi connectivity index (χ3n) is 6.11. The van der Waals surface area contributed by atoms with Gasteiger partial charge in [0.25, 0.3) is 0 Å². The molecule has 0 spiro atoms. The third-order valence-corrected chi connectivity index (χ3v) is 7.86. The molecule has 0 aliphatic heterocycles. The number of ketones is 1. The van der Waals surface area contributed by atoms with Crippen molar-refractivity contribution in [2.24, 2.45) is 5.92 Å². The number of nitrogens with one attached hydrogen (secondary N) is 1. The van der Waals surface area contributed by atoms with Crippen LogP contribution in [0.2, 0.25) is 0 Å². The lowest BCUT2D eigenvalue weighted by atomic mass is 9.95. The lowest BCUT2D eigenvalue weighted by Gasteiger charge is -2.13. The first kappa shape index (κ1) is 23.8. The van der Waals surface area contributed by atoms with E-state index in [1.165, 1.54) is 12.1 Å². The summed E-state index contributed by atoms with van der Waals surface area (Å²) in [6.07, 6.45) is 5.38. The van der Waals surface area contributed by atoms with Gasteiger partial charge in [-0.1, -0.05) is 62.2 Å². The molecule has 1 aliphatic carbocycles. The zero-order chi connectivity index (χ0) is 24.1. The van der Waals surface area contributed by atoms with Crippen LogP contribution in [0.25, 0.3) is 11.1 Å². The molecule has 0 saturated heterocycles. The van der Waals surface area contributed by atoms with Crippen LogP contribution in [-0.4, -0.2) is 35.8 Å². The third kappa shape index (κ3) is 5.39. The summed E-state index contributed by atoms with van der Waals surface area (Å²) in [5, 5.41) is 2.68. The molecule has 34 heavy (non-hydrogen) atoms. The van der Waals surface area contributed by atoms with Crippen molar-refractivity contribution < 1.29 is 18.0 Å². The van der Waals surface area contributed by atoms with Crippen molar-refractivity contribution in [3.63, 3.8) is 0 Å². The maximum atomic E-state index is 13.3. The van der Waals surface area contributed by atoms with Crippen LogP contribution < -0.4 is 5.32 Å². The zero-order valence-corrected chi connectivity index (χ0v) is 19.8. The topological polar surface area (TPSA) is 106 Å². The van der Waals surface area contributed by atoms with Crippen molar-refractivity contribution in [3.8, 4) is 11.1 Å². The predicted octanol–water partition coefficient (Wildman–Crippen LogP) is 4.49. The summed E-state index contributed by atoms with van der Waals surface area (Å²) < 4.78 is 23.9. The fraction of sp³-hybridized carbons (Fsp3) is 0.308. The Balaban J connectivity index is 1.54. The number of carbonyl (C=O) groups is 2. The van der Waals surface area contributed by atoms with Gasteiger partial charge in [0, 0.05) is 17.7 Å². The standard InChI is InChI=1S/C26H27N3O4S/c1-2-34(32,33)21-14-12-18(13-15-21)16-23(30)28-26-27-17-22(19-8-4-3-5-9-19)24(29-26)25(31)20-10-6-7-11-20/h3-5,8-9,12-15,17,20H,2,6-7,10-11,16H2,1H3,(H,27,28,29,30). The second-order valence-corrected chi connectivity index (χ2v) is 10.7. The Kier molecular flexibility index (Phi) is 7.17.